The molecule has 1 saturated heterocycles. The zero-order valence-electron chi connectivity index (χ0n) is 18.7. The van der Waals surface area contributed by atoms with E-state index < -0.39 is 11.8 Å². The summed E-state index contributed by atoms with van der Waals surface area (Å²) in [6, 6.07) is 8.42. The van der Waals surface area contributed by atoms with Gasteiger partial charge in [-0.2, -0.15) is 16.9 Å². The standard InChI is InChI=1S/C22H20ClN7O4S/c1-12-8-13-5-7-25-29(13)19(22(32)28-33-2)18(12)26-21(31)16-9-17(34-14-10-35-11-14)27-30(16)20-15(23)4-3-6-24-20/h3-9,14H,10-11H2,1-2H3,(H,26,31)(H,28,32). The smallest absolute Gasteiger partial charge is 0.295 e. The average Bonchev–Trinajstić information content (AvgIpc) is 3.44. The monoisotopic (exact) mass is 513 g/mol. The molecule has 13 heteroatoms. The first-order chi connectivity index (χ1) is 17.0. The van der Waals surface area contributed by atoms with Gasteiger partial charge >= 0.3 is 0 Å². The van der Waals surface area contributed by atoms with Crippen molar-refractivity contribution in [2.75, 3.05) is 23.9 Å². The second-order valence-corrected chi connectivity index (χ2v) is 9.16. The molecule has 1 fully saturated rings. The summed E-state index contributed by atoms with van der Waals surface area (Å²) in [6.45, 7) is 1.78. The Labute approximate surface area is 208 Å². The van der Waals surface area contributed by atoms with E-state index in [0.29, 0.717) is 16.1 Å². The molecule has 2 N–H and O–H groups in total. The molecular formula is C22H20ClN7O4S. The van der Waals surface area contributed by atoms with E-state index in [1.165, 1.54) is 22.4 Å². The maximum Gasteiger partial charge on any atom is 0.295 e. The van der Waals surface area contributed by atoms with Gasteiger partial charge in [-0.1, -0.05) is 11.6 Å². The van der Waals surface area contributed by atoms with E-state index in [1.54, 1.807) is 49.3 Å². The molecule has 5 rings (SSSR count). The molecule has 4 aromatic heterocycles. The minimum atomic E-state index is -0.576. The van der Waals surface area contributed by atoms with Crippen molar-refractivity contribution in [3.63, 3.8) is 0 Å². The highest BCUT2D eigenvalue weighted by atomic mass is 35.5. The summed E-state index contributed by atoms with van der Waals surface area (Å²) in [6.07, 6.45) is 3.13. The third-order valence-corrected chi connectivity index (χ3v) is 6.79. The summed E-state index contributed by atoms with van der Waals surface area (Å²) < 4.78 is 8.65. The number of thioether (sulfide) groups is 1. The van der Waals surface area contributed by atoms with Crippen LogP contribution in [0.4, 0.5) is 5.69 Å². The van der Waals surface area contributed by atoms with Gasteiger partial charge in [0.1, 0.15) is 11.8 Å². The van der Waals surface area contributed by atoms with Crippen LogP contribution < -0.4 is 15.5 Å². The summed E-state index contributed by atoms with van der Waals surface area (Å²) in [5, 5.41) is 11.8. The van der Waals surface area contributed by atoms with Crippen molar-refractivity contribution in [1.82, 2.24) is 29.9 Å². The number of anilines is 1. The predicted molar refractivity (Wildman–Crippen MR) is 130 cm³/mol. The summed E-state index contributed by atoms with van der Waals surface area (Å²) in [5.41, 5.74) is 4.12. The summed E-state index contributed by atoms with van der Waals surface area (Å²) in [5.74, 6) is 1.12. The van der Waals surface area contributed by atoms with Crippen LogP contribution in [0, 0.1) is 6.92 Å². The fourth-order valence-electron chi connectivity index (χ4n) is 3.61. The fourth-order valence-corrected chi connectivity index (χ4v) is 4.37. The Morgan fingerprint density at radius 3 is 2.74 bits per heavy atom. The quantitative estimate of drug-likeness (QED) is 0.361. The van der Waals surface area contributed by atoms with Crippen molar-refractivity contribution in [3.05, 3.63) is 64.7 Å². The molecule has 0 radical (unpaired) electrons. The second kappa shape index (κ2) is 9.56. The van der Waals surface area contributed by atoms with Crippen LogP contribution in [0.25, 0.3) is 11.3 Å². The van der Waals surface area contributed by atoms with E-state index in [9.17, 15) is 9.59 Å². The Balaban J connectivity index is 1.57. The second-order valence-electron chi connectivity index (χ2n) is 7.67. The Morgan fingerprint density at radius 2 is 2.03 bits per heavy atom. The number of ether oxygens (including phenoxy) is 1. The van der Waals surface area contributed by atoms with Crippen LogP contribution in [-0.4, -0.2) is 60.9 Å². The molecule has 4 aromatic rings. The Morgan fingerprint density at radius 1 is 1.20 bits per heavy atom. The maximum atomic E-state index is 13.6. The zero-order chi connectivity index (χ0) is 24.5. The largest absolute Gasteiger partial charge is 0.472 e. The van der Waals surface area contributed by atoms with Gasteiger partial charge in [-0.05, 0) is 36.8 Å². The van der Waals surface area contributed by atoms with Gasteiger partial charge in [0.25, 0.3) is 11.8 Å². The van der Waals surface area contributed by atoms with Crippen molar-refractivity contribution in [2.24, 2.45) is 0 Å². The predicted octanol–water partition coefficient (Wildman–Crippen LogP) is 2.91. The van der Waals surface area contributed by atoms with Gasteiger partial charge in [0.2, 0.25) is 5.88 Å². The highest BCUT2D eigenvalue weighted by molar-refractivity contribution is 8.00. The number of rotatable bonds is 7. The number of pyridine rings is 2. The average molecular weight is 514 g/mol. The number of halogens is 1. The third kappa shape index (κ3) is 4.43. The summed E-state index contributed by atoms with van der Waals surface area (Å²) >= 11 is 8.12. The lowest BCUT2D eigenvalue weighted by Gasteiger charge is -2.24. The van der Waals surface area contributed by atoms with Crippen LogP contribution >= 0.6 is 23.4 Å². The minimum absolute atomic E-state index is 0.0206. The number of hydrogen-bond donors (Lipinski definition) is 2. The zero-order valence-corrected chi connectivity index (χ0v) is 20.3. The molecule has 0 bridgehead atoms. The number of carbonyl (C=O) groups is 2. The highest BCUT2D eigenvalue weighted by Gasteiger charge is 2.27. The lowest BCUT2D eigenvalue weighted by molar-refractivity contribution is 0.0531. The SMILES string of the molecule is CONC(=O)c1c(NC(=O)c2cc(OC3CSC3)nn2-c2ncccc2Cl)c(C)cc2ccnn12. The van der Waals surface area contributed by atoms with Crippen molar-refractivity contribution < 1.29 is 19.2 Å². The number of nitrogens with one attached hydrogen (secondary N) is 2. The molecule has 0 spiro atoms. The molecule has 1 aliphatic heterocycles. The van der Waals surface area contributed by atoms with Gasteiger partial charge in [0, 0.05) is 23.8 Å². The number of fused-ring (bicyclic) bond motifs is 1. The van der Waals surface area contributed by atoms with Gasteiger partial charge < -0.3 is 10.1 Å². The molecular weight excluding hydrogens is 494 g/mol. The van der Waals surface area contributed by atoms with Crippen molar-refractivity contribution in [2.45, 2.75) is 13.0 Å². The minimum Gasteiger partial charge on any atom is -0.472 e. The topological polar surface area (TPSA) is 125 Å². The van der Waals surface area contributed by atoms with Crippen LogP contribution in [0.5, 0.6) is 5.88 Å². The highest BCUT2D eigenvalue weighted by Crippen LogP contribution is 2.28. The number of aromatic nitrogens is 5. The third-order valence-electron chi connectivity index (χ3n) is 5.28. The molecule has 5 heterocycles. The van der Waals surface area contributed by atoms with Crippen molar-refractivity contribution in [3.8, 4) is 11.7 Å². The maximum absolute atomic E-state index is 13.6. The molecule has 180 valence electrons. The fraction of sp³-hybridized carbons (Fsp3) is 0.227. The molecule has 11 nitrogen and oxygen atoms in total. The Hall–Kier alpha value is -3.61. The number of hydroxylamine groups is 1. The van der Waals surface area contributed by atoms with Gasteiger partial charge in [-0.15, -0.1) is 5.10 Å². The number of nitrogens with zero attached hydrogens (tertiary/aromatic N) is 5. The number of carbonyl (C=O) groups excluding carboxylic acids is 2. The van der Waals surface area contributed by atoms with E-state index in [0.717, 1.165) is 11.5 Å². The van der Waals surface area contributed by atoms with E-state index in [1.807, 2.05) is 6.07 Å². The van der Waals surface area contributed by atoms with Gasteiger partial charge in [-0.25, -0.2) is 19.7 Å². The normalized spacial score (nSPS) is 13.5. The van der Waals surface area contributed by atoms with Gasteiger partial charge in [-0.3, -0.25) is 14.4 Å². The summed E-state index contributed by atoms with van der Waals surface area (Å²) in [4.78, 5) is 35.5. The van der Waals surface area contributed by atoms with E-state index in [4.69, 9.17) is 21.2 Å². The van der Waals surface area contributed by atoms with E-state index in [2.05, 4.69) is 26.0 Å². The molecule has 2 amide bonds. The van der Waals surface area contributed by atoms with Crippen LogP contribution in [-0.2, 0) is 4.84 Å². The van der Waals surface area contributed by atoms with Crippen molar-refractivity contribution in [1.29, 1.82) is 0 Å². The van der Waals surface area contributed by atoms with Gasteiger partial charge in [0.15, 0.2) is 11.5 Å². The molecule has 0 aromatic carbocycles. The first kappa shape index (κ1) is 23.1. The lowest BCUT2D eigenvalue weighted by Crippen LogP contribution is -2.31. The van der Waals surface area contributed by atoms with E-state index >= 15 is 0 Å². The lowest BCUT2D eigenvalue weighted by atomic mass is 10.1. The number of amides is 2. The van der Waals surface area contributed by atoms with Crippen molar-refractivity contribution >= 4 is 46.4 Å². The van der Waals surface area contributed by atoms with Crippen LogP contribution in [0.3, 0.4) is 0 Å². The number of hydrogen-bond acceptors (Lipinski definition) is 8. The summed E-state index contributed by atoms with van der Waals surface area (Å²) in [7, 11) is 1.32. The van der Waals surface area contributed by atoms with E-state index in [-0.39, 0.29) is 34.9 Å². The van der Waals surface area contributed by atoms with Crippen LogP contribution in [0.2, 0.25) is 5.02 Å². The molecule has 0 aliphatic carbocycles. The first-order valence-corrected chi connectivity index (χ1v) is 12.1. The van der Waals surface area contributed by atoms with Gasteiger partial charge in [0.05, 0.1) is 29.5 Å². The molecule has 1 aliphatic rings. The van der Waals surface area contributed by atoms with Crippen LogP contribution in [0.15, 0.2) is 42.7 Å². The number of aryl methyl sites for hydroxylation is 1. The molecule has 0 unspecified atom stereocenters. The first-order valence-electron chi connectivity index (χ1n) is 10.5. The molecule has 35 heavy (non-hydrogen) atoms. The Kier molecular flexibility index (Phi) is 6.32. The molecule has 0 atom stereocenters. The molecule has 0 saturated carbocycles. The Bertz CT molecular complexity index is 1430. The van der Waals surface area contributed by atoms with Crippen LogP contribution in [0.1, 0.15) is 26.5 Å².